The van der Waals surface area contributed by atoms with Gasteiger partial charge in [0.1, 0.15) is 11.6 Å². The Morgan fingerprint density at radius 2 is 2.19 bits per heavy atom. The fraction of sp³-hybridized carbons (Fsp3) is 0.389. The summed E-state index contributed by atoms with van der Waals surface area (Å²) in [5, 5.41) is 9.37. The number of nitrogens with two attached hydrogens (primary N) is 1. The Morgan fingerprint density at radius 1 is 1.37 bits per heavy atom. The van der Waals surface area contributed by atoms with Gasteiger partial charge in [0.15, 0.2) is 5.82 Å². The van der Waals surface area contributed by atoms with Gasteiger partial charge in [-0.1, -0.05) is 0 Å². The minimum atomic E-state index is -1.02. The summed E-state index contributed by atoms with van der Waals surface area (Å²) in [6.07, 6.45) is -1.02. The van der Waals surface area contributed by atoms with Crippen LogP contribution in [0.4, 0.5) is 20.7 Å². The first kappa shape index (κ1) is 17.5. The molecule has 0 radical (unpaired) electrons. The summed E-state index contributed by atoms with van der Waals surface area (Å²) in [4.78, 5) is 23.9. The number of rotatable bonds is 2. The zero-order chi connectivity index (χ0) is 19.1. The molecule has 1 saturated heterocycles. The fourth-order valence-electron chi connectivity index (χ4n) is 3.49. The minimum Gasteiger partial charge on any atom is -0.465 e. The Morgan fingerprint density at radius 3 is 2.89 bits per heavy atom. The molecule has 8 nitrogen and oxygen atoms in total. The summed E-state index contributed by atoms with van der Waals surface area (Å²) >= 11 is 0. The summed E-state index contributed by atoms with van der Waals surface area (Å²) in [5.74, 6) is 0.363. The minimum absolute atomic E-state index is 0.0701. The molecule has 9 heteroatoms. The molecule has 1 atom stereocenters. The van der Waals surface area contributed by atoms with Crippen molar-refractivity contribution in [2.24, 2.45) is 0 Å². The van der Waals surface area contributed by atoms with E-state index in [4.69, 9.17) is 10.5 Å². The van der Waals surface area contributed by atoms with E-state index in [1.807, 2.05) is 6.92 Å². The van der Waals surface area contributed by atoms with Crippen LogP contribution in [-0.4, -0.2) is 51.9 Å². The lowest BCUT2D eigenvalue weighted by Crippen LogP contribution is -2.44. The van der Waals surface area contributed by atoms with Crippen molar-refractivity contribution in [3.63, 3.8) is 0 Å². The van der Waals surface area contributed by atoms with Gasteiger partial charge in [0.2, 0.25) is 0 Å². The molecule has 0 aliphatic carbocycles. The lowest BCUT2D eigenvalue weighted by atomic mass is 10.1. The fourth-order valence-corrected chi connectivity index (χ4v) is 3.49. The maximum atomic E-state index is 14.4. The van der Waals surface area contributed by atoms with E-state index in [0.29, 0.717) is 37.0 Å². The number of nitrogens with zero attached hydrogens (tertiary/aromatic N) is 4. The molecule has 0 bridgehead atoms. The van der Waals surface area contributed by atoms with Crippen LogP contribution >= 0.6 is 0 Å². The van der Waals surface area contributed by atoms with E-state index in [-0.39, 0.29) is 30.5 Å². The largest absolute Gasteiger partial charge is 0.465 e. The Kier molecular flexibility index (Phi) is 4.31. The molecule has 0 saturated carbocycles. The lowest BCUT2D eigenvalue weighted by molar-refractivity contribution is 0.0983. The first-order valence-corrected chi connectivity index (χ1v) is 8.71. The molecule has 0 spiro atoms. The maximum absolute atomic E-state index is 14.4. The molecule has 3 heterocycles. The first-order chi connectivity index (χ1) is 12.9. The highest BCUT2D eigenvalue weighted by Gasteiger charge is 2.32. The Bertz CT molecular complexity index is 907. The molecule has 1 unspecified atom stereocenters. The van der Waals surface area contributed by atoms with E-state index in [9.17, 15) is 14.3 Å². The van der Waals surface area contributed by atoms with Crippen molar-refractivity contribution in [1.29, 1.82) is 0 Å². The van der Waals surface area contributed by atoms with Crippen LogP contribution in [0.1, 0.15) is 18.2 Å². The van der Waals surface area contributed by atoms with E-state index in [2.05, 4.69) is 14.9 Å². The number of halogens is 1. The quantitative estimate of drug-likeness (QED) is 0.777. The van der Waals surface area contributed by atoms with Gasteiger partial charge in [0.05, 0.1) is 43.6 Å². The van der Waals surface area contributed by atoms with Gasteiger partial charge in [-0.25, -0.2) is 19.2 Å². The van der Waals surface area contributed by atoms with Crippen molar-refractivity contribution in [2.75, 3.05) is 30.4 Å². The highest BCUT2D eigenvalue weighted by molar-refractivity contribution is 5.69. The first-order valence-electron chi connectivity index (χ1n) is 8.71. The number of carboxylic acid groups (broad SMARTS) is 1. The predicted octanol–water partition coefficient (Wildman–Crippen LogP) is 2.08. The van der Waals surface area contributed by atoms with Crippen molar-refractivity contribution in [1.82, 2.24) is 14.9 Å². The van der Waals surface area contributed by atoms with Gasteiger partial charge in [-0.2, -0.15) is 0 Å². The van der Waals surface area contributed by atoms with Crippen LogP contribution in [0.15, 0.2) is 18.2 Å². The number of ether oxygens (including phenoxy) is 1. The van der Waals surface area contributed by atoms with E-state index in [0.717, 1.165) is 5.56 Å². The van der Waals surface area contributed by atoms with Gasteiger partial charge >= 0.3 is 6.09 Å². The summed E-state index contributed by atoms with van der Waals surface area (Å²) in [6.45, 7) is 4.11. The zero-order valence-electron chi connectivity index (χ0n) is 14.9. The summed E-state index contributed by atoms with van der Waals surface area (Å²) in [5.41, 5.74) is 7.57. The molecule has 142 valence electrons. The Labute approximate surface area is 155 Å². The average Bonchev–Trinajstić information content (AvgIpc) is 3.06. The molecule has 1 fully saturated rings. The van der Waals surface area contributed by atoms with Gasteiger partial charge < -0.3 is 20.5 Å². The molecule has 1 amide bonds. The SMILES string of the molecule is CC1COCCN1c1nc(-c2ccc(N)cc2F)nc2c1CN(C(=O)O)C2. The number of hydrogen-bond donors (Lipinski definition) is 2. The highest BCUT2D eigenvalue weighted by Crippen LogP contribution is 2.34. The second-order valence-corrected chi connectivity index (χ2v) is 6.79. The van der Waals surface area contributed by atoms with Gasteiger partial charge in [-0.05, 0) is 25.1 Å². The van der Waals surface area contributed by atoms with Crippen molar-refractivity contribution in [3.05, 3.63) is 35.3 Å². The van der Waals surface area contributed by atoms with Crippen LogP contribution < -0.4 is 10.6 Å². The third-order valence-electron chi connectivity index (χ3n) is 4.90. The molecule has 1 aromatic carbocycles. The number of aromatic nitrogens is 2. The molecule has 2 aliphatic heterocycles. The van der Waals surface area contributed by atoms with Crippen LogP contribution in [0.5, 0.6) is 0 Å². The second kappa shape index (κ2) is 6.66. The number of hydrogen-bond acceptors (Lipinski definition) is 6. The molecule has 3 N–H and O–H groups in total. The predicted molar refractivity (Wildman–Crippen MR) is 96.7 cm³/mol. The monoisotopic (exact) mass is 373 g/mol. The topological polar surface area (TPSA) is 105 Å². The second-order valence-electron chi connectivity index (χ2n) is 6.79. The number of fused-ring (bicyclic) bond motifs is 1. The molecule has 2 aliphatic rings. The number of carbonyl (C=O) groups is 1. The molecule has 1 aromatic heterocycles. The van der Waals surface area contributed by atoms with Gasteiger partial charge in [-0.3, -0.25) is 4.90 Å². The van der Waals surface area contributed by atoms with Crippen LogP contribution in [0.25, 0.3) is 11.4 Å². The number of morpholine rings is 1. The van der Waals surface area contributed by atoms with Crippen LogP contribution in [0.2, 0.25) is 0 Å². The van der Waals surface area contributed by atoms with E-state index >= 15 is 0 Å². The number of anilines is 2. The van der Waals surface area contributed by atoms with E-state index in [1.165, 1.54) is 11.0 Å². The summed E-state index contributed by atoms with van der Waals surface area (Å²) in [6, 6.07) is 4.44. The number of nitrogen functional groups attached to an aromatic ring is 1. The van der Waals surface area contributed by atoms with Gasteiger partial charge in [0, 0.05) is 17.8 Å². The zero-order valence-corrected chi connectivity index (χ0v) is 14.9. The highest BCUT2D eigenvalue weighted by atomic mass is 19.1. The molecule has 4 rings (SSSR count). The Hall–Kier alpha value is -2.94. The van der Waals surface area contributed by atoms with Crippen molar-refractivity contribution < 1.29 is 19.0 Å². The lowest BCUT2D eigenvalue weighted by Gasteiger charge is -2.35. The molecular weight excluding hydrogens is 353 g/mol. The van der Waals surface area contributed by atoms with Gasteiger partial charge in [0.25, 0.3) is 0 Å². The number of amides is 1. The smallest absolute Gasteiger partial charge is 0.407 e. The summed E-state index contributed by atoms with van der Waals surface area (Å²) < 4.78 is 19.9. The Balaban J connectivity index is 1.84. The van der Waals surface area contributed by atoms with Gasteiger partial charge in [-0.15, -0.1) is 0 Å². The average molecular weight is 373 g/mol. The summed E-state index contributed by atoms with van der Waals surface area (Å²) in [7, 11) is 0. The number of benzene rings is 1. The van der Waals surface area contributed by atoms with E-state index < -0.39 is 11.9 Å². The van der Waals surface area contributed by atoms with E-state index in [1.54, 1.807) is 12.1 Å². The van der Waals surface area contributed by atoms with Crippen LogP contribution in [0.3, 0.4) is 0 Å². The molecule has 2 aromatic rings. The van der Waals surface area contributed by atoms with Crippen LogP contribution in [0, 0.1) is 5.82 Å². The van der Waals surface area contributed by atoms with Crippen molar-refractivity contribution >= 4 is 17.6 Å². The standard InChI is InChI=1S/C18H20FN5O3/c1-10-9-27-5-4-24(10)17-13-7-23(18(25)26)8-15(13)21-16(22-17)12-3-2-11(20)6-14(12)19/h2-3,6,10H,4-5,7-9,20H2,1H3,(H,25,26). The third-order valence-corrected chi connectivity index (χ3v) is 4.90. The normalized spacial score (nSPS) is 19.3. The van der Waals surface area contributed by atoms with Crippen LogP contribution in [-0.2, 0) is 17.8 Å². The third kappa shape index (κ3) is 3.14. The van der Waals surface area contributed by atoms with Crippen molar-refractivity contribution in [3.8, 4) is 11.4 Å². The molecule has 27 heavy (non-hydrogen) atoms. The molecular formula is C18H20FN5O3. The maximum Gasteiger partial charge on any atom is 0.407 e. The van der Waals surface area contributed by atoms with Crippen molar-refractivity contribution in [2.45, 2.75) is 26.1 Å².